The van der Waals surface area contributed by atoms with Crippen LogP contribution in [0.5, 0.6) is 0 Å². The van der Waals surface area contributed by atoms with E-state index < -0.39 is 0 Å². The Morgan fingerprint density at radius 3 is 3.06 bits per heavy atom. The van der Waals surface area contributed by atoms with Crippen LogP contribution in [0, 0.1) is 5.92 Å². The maximum Gasteiger partial charge on any atom is 0.138 e. The molecular formula is C13H16BrN3. The van der Waals surface area contributed by atoms with E-state index in [-0.39, 0.29) is 0 Å². The third-order valence-corrected chi connectivity index (χ3v) is 4.26. The van der Waals surface area contributed by atoms with Crippen molar-refractivity contribution in [3.05, 3.63) is 30.6 Å². The van der Waals surface area contributed by atoms with Crippen LogP contribution >= 0.6 is 15.9 Å². The zero-order valence-corrected chi connectivity index (χ0v) is 11.5. The van der Waals surface area contributed by atoms with E-state index >= 15 is 0 Å². The monoisotopic (exact) mass is 293 g/mol. The van der Waals surface area contributed by atoms with Crippen LogP contribution in [0.4, 0.5) is 5.82 Å². The van der Waals surface area contributed by atoms with Crippen molar-refractivity contribution < 1.29 is 0 Å². The van der Waals surface area contributed by atoms with Crippen molar-refractivity contribution in [2.45, 2.75) is 17.7 Å². The van der Waals surface area contributed by atoms with Gasteiger partial charge in [0.05, 0.1) is 0 Å². The van der Waals surface area contributed by atoms with Crippen LogP contribution < -0.4 is 4.90 Å². The number of hydrogen-bond donors (Lipinski definition) is 0. The van der Waals surface area contributed by atoms with E-state index in [0.717, 1.165) is 22.9 Å². The fraction of sp³-hybridized carbons (Fsp3) is 0.462. The molecule has 2 aromatic rings. The van der Waals surface area contributed by atoms with Crippen LogP contribution in [0.3, 0.4) is 0 Å². The van der Waals surface area contributed by atoms with Gasteiger partial charge in [0, 0.05) is 30.8 Å². The molecule has 0 spiro atoms. The summed E-state index contributed by atoms with van der Waals surface area (Å²) in [7, 11) is 2.16. The van der Waals surface area contributed by atoms with Crippen molar-refractivity contribution in [2.75, 3.05) is 18.5 Å². The van der Waals surface area contributed by atoms with Crippen molar-refractivity contribution in [3.8, 4) is 0 Å². The van der Waals surface area contributed by atoms with Crippen LogP contribution in [0.25, 0.3) is 5.65 Å². The summed E-state index contributed by atoms with van der Waals surface area (Å²) < 4.78 is 2.14. The molecular weight excluding hydrogens is 278 g/mol. The summed E-state index contributed by atoms with van der Waals surface area (Å²) in [6.07, 6.45) is 6.47. The molecule has 0 aromatic carbocycles. The third kappa shape index (κ3) is 2.06. The van der Waals surface area contributed by atoms with Crippen molar-refractivity contribution in [3.63, 3.8) is 0 Å². The summed E-state index contributed by atoms with van der Waals surface area (Å²) in [5.74, 6) is 2.04. The average Bonchev–Trinajstić information content (AvgIpc) is 2.74. The predicted octanol–water partition coefficient (Wildman–Crippen LogP) is 2.94. The second kappa shape index (κ2) is 4.33. The van der Waals surface area contributed by atoms with Gasteiger partial charge in [0.2, 0.25) is 0 Å². The smallest absolute Gasteiger partial charge is 0.138 e. The van der Waals surface area contributed by atoms with Gasteiger partial charge in [-0.25, -0.2) is 4.98 Å². The molecule has 2 aromatic heterocycles. The summed E-state index contributed by atoms with van der Waals surface area (Å²) in [6.45, 7) is 1.12. The molecule has 90 valence electrons. The van der Waals surface area contributed by atoms with E-state index in [4.69, 9.17) is 0 Å². The summed E-state index contributed by atoms with van der Waals surface area (Å²) >= 11 is 3.65. The third-order valence-electron chi connectivity index (χ3n) is 3.51. The van der Waals surface area contributed by atoms with E-state index in [1.54, 1.807) is 0 Å². The van der Waals surface area contributed by atoms with E-state index in [1.165, 1.54) is 18.7 Å². The average molecular weight is 294 g/mol. The lowest BCUT2D eigenvalue weighted by Gasteiger charge is -2.35. The minimum Gasteiger partial charge on any atom is -0.360 e. The molecule has 0 saturated heterocycles. The van der Waals surface area contributed by atoms with Crippen LogP contribution in [0.15, 0.2) is 30.6 Å². The van der Waals surface area contributed by atoms with Gasteiger partial charge in [-0.05, 0) is 30.9 Å². The Balaban J connectivity index is 1.80. The number of hydrogen-bond acceptors (Lipinski definition) is 2. The summed E-state index contributed by atoms with van der Waals surface area (Å²) in [6, 6.07) is 6.26. The topological polar surface area (TPSA) is 20.5 Å². The number of anilines is 1. The number of nitrogens with zero attached hydrogens (tertiary/aromatic N) is 3. The number of aromatic nitrogens is 2. The molecule has 1 fully saturated rings. The molecule has 0 bridgehead atoms. The molecule has 0 unspecified atom stereocenters. The van der Waals surface area contributed by atoms with Crippen molar-refractivity contribution >= 4 is 27.4 Å². The van der Waals surface area contributed by atoms with Crippen molar-refractivity contribution in [2.24, 2.45) is 5.92 Å². The maximum absolute atomic E-state index is 4.32. The first-order chi connectivity index (χ1) is 8.24. The molecule has 3 rings (SSSR count). The van der Waals surface area contributed by atoms with Gasteiger partial charge in [0.25, 0.3) is 0 Å². The minimum atomic E-state index is 0.741. The van der Waals surface area contributed by atoms with E-state index in [0.29, 0.717) is 0 Å². The van der Waals surface area contributed by atoms with Gasteiger partial charge in [0.1, 0.15) is 11.5 Å². The summed E-state index contributed by atoms with van der Waals surface area (Å²) in [5.41, 5.74) is 1.02. The second-order valence-corrected chi connectivity index (χ2v) is 6.15. The van der Waals surface area contributed by atoms with Crippen molar-refractivity contribution in [1.82, 2.24) is 9.38 Å². The van der Waals surface area contributed by atoms with Gasteiger partial charge in [-0.2, -0.15) is 0 Å². The molecule has 1 aliphatic rings. The lowest BCUT2D eigenvalue weighted by molar-refractivity contribution is 0.338. The standard InChI is InChI=1S/C13H16BrN3/c1-16(9-10-7-11(14)8-10)13-4-2-3-12-15-5-6-17(12)13/h2-6,10-11H,7-9H2,1H3. The molecule has 1 saturated carbocycles. The number of halogens is 1. The first-order valence-electron chi connectivity index (χ1n) is 6.01. The van der Waals surface area contributed by atoms with Gasteiger partial charge >= 0.3 is 0 Å². The highest BCUT2D eigenvalue weighted by Crippen LogP contribution is 2.34. The minimum absolute atomic E-state index is 0.741. The SMILES string of the molecule is CN(CC1CC(Br)C1)c1cccc2nccn12. The molecule has 0 radical (unpaired) electrons. The first-order valence-corrected chi connectivity index (χ1v) is 6.93. The predicted molar refractivity (Wildman–Crippen MR) is 73.9 cm³/mol. The number of fused-ring (bicyclic) bond motifs is 1. The molecule has 4 heteroatoms. The van der Waals surface area contributed by atoms with Gasteiger partial charge < -0.3 is 4.90 Å². The zero-order valence-electron chi connectivity index (χ0n) is 9.88. The number of imidazole rings is 1. The molecule has 0 N–H and O–H groups in total. The molecule has 2 heterocycles. The second-order valence-electron chi connectivity index (χ2n) is 4.85. The van der Waals surface area contributed by atoms with Crippen LogP contribution in [0.2, 0.25) is 0 Å². The molecule has 0 aliphatic heterocycles. The molecule has 3 nitrogen and oxygen atoms in total. The first kappa shape index (κ1) is 11.1. The van der Waals surface area contributed by atoms with Crippen LogP contribution in [0.1, 0.15) is 12.8 Å². The van der Waals surface area contributed by atoms with Gasteiger partial charge in [-0.15, -0.1) is 0 Å². The van der Waals surface area contributed by atoms with Gasteiger partial charge in [-0.3, -0.25) is 4.40 Å². The fourth-order valence-electron chi connectivity index (χ4n) is 2.53. The lowest BCUT2D eigenvalue weighted by Crippen LogP contribution is -2.35. The number of rotatable bonds is 3. The Morgan fingerprint density at radius 1 is 1.47 bits per heavy atom. The van der Waals surface area contributed by atoms with Gasteiger partial charge in [0.15, 0.2) is 0 Å². The highest BCUT2D eigenvalue weighted by atomic mass is 79.9. The lowest BCUT2D eigenvalue weighted by atomic mass is 9.85. The Morgan fingerprint density at radius 2 is 2.29 bits per heavy atom. The Bertz CT molecular complexity index is 516. The van der Waals surface area contributed by atoms with Crippen molar-refractivity contribution in [1.29, 1.82) is 0 Å². The zero-order chi connectivity index (χ0) is 11.8. The number of alkyl halides is 1. The Kier molecular flexibility index (Phi) is 2.82. The molecule has 0 atom stereocenters. The highest BCUT2D eigenvalue weighted by Gasteiger charge is 2.27. The quantitative estimate of drug-likeness (QED) is 0.811. The van der Waals surface area contributed by atoms with E-state index in [9.17, 15) is 0 Å². The van der Waals surface area contributed by atoms with E-state index in [2.05, 4.69) is 49.4 Å². The molecule has 0 amide bonds. The molecule has 17 heavy (non-hydrogen) atoms. The number of pyridine rings is 1. The van der Waals surface area contributed by atoms with E-state index in [1.807, 2.05) is 18.5 Å². The highest BCUT2D eigenvalue weighted by molar-refractivity contribution is 9.09. The Labute approximate surface area is 110 Å². The normalized spacial score (nSPS) is 23.6. The summed E-state index contributed by atoms with van der Waals surface area (Å²) in [5, 5.41) is 0. The van der Waals surface area contributed by atoms with Crippen LogP contribution in [-0.2, 0) is 0 Å². The molecule has 1 aliphatic carbocycles. The summed E-state index contributed by atoms with van der Waals surface area (Å²) in [4.78, 5) is 7.39. The van der Waals surface area contributed by atoms with Crippen LogP contribution in [-0.4, -0.2) is 27.8 Å². The largest absolute Gasteiger partial charge is 0.360 e. The fourth-order valence-corrected chi connectivity index (χ4v) is 3.59. The van der Waals surface area contributed by atoms with Gasteiger partial charge in [-0.1, -0.05) is 22.0 Å². The maximum atomic E-state index is 4.32. The Hall–Kier alpha value is -1.03.